The summed E-state index contributed by atoms with van der Waals surface area (Å²) in [6.07, 6.45) is 0. The average Bonchev–Trinajstić information content (AvgIpc) is 3.18. The zero-order chi connectivity index (χ0) is 19.4. The number of hydrogen-bond donors (Lipinski definition) is 2. The molecule has 140 valence electrons. The average molecular weight is 388 g/mol. The minimum Gasteiger partial charge on any atom is -0.497 e. The predicted octanol–water partition coefficient (Wildman–Crippen LogP) is 4.36. The van der Waals surface area contributed by atoms with Crippen LogP contribution in [0.15, 0.2) is 52.9 Å². The Bertz CT molecular complexity index is 945. The largest absolute Gasteiger partial charge is 0.497 e. The van der Waals surface area contributed by atoms with E-state index in [-0.39, 0.29) is 12.5 Å². The van der Waals surface area contributed by atoms with Crippen molar-refractivity contribution in [3.05, 3.63) is 64.9 Å². The van der Waals surface area contributed by atoms with Gasteiger partial charge in [0.25, 0.3) is 5.91 Å². The van der Waals surface area contributed by atoms with Crippen LogP contribution in [-0.4, -0.2) is 25.2 Å². The van der Waals surface area contributed by atoms with Gasteiger partial charge in [-0.25, -0.2) is 0 Å². The number of halogens is 1. The molecule has 6 nitrogen and oxygen atoms in total. The third-order valence-corrected chi connectivity index (χ3v) is 4.26. The molecule has 7 heteroatoms. The van der Waals surface area contributed by atoms with Crippen LogP contribution in [0.3, 0.4) is 0 Å². The summed E-state index contributed by atoms with van der Waals surface area (Å²) < 4.78 is 15.9. The van der Waals surface area contributed by atoms with Crippen LogP contribution < -0.4 is 14.8 Å². The highest BCUT2D eigenvalue weighted by Gasteiger charge is 2.14. The van der Waals surface area contributed by atoms with Gasteiger partial charge in [0.1, 0.15) is 29.6 Å². The number of nitrogens with one attached hydrogen (secondary N) is 1. The minimum atomic E-state index is -0.359. The summed E-state index contributed by atoms with van der Waals surface area (Å²) in [6.45, 7) is -0.186. The van der Waals surface area contributed by atoms with Crippen molar-refractivity contribution < 1.29 is 23.8 Å². The van der Waals surface area contributed by atoms with Gasteiger partial charge in [0.05, 0.1) is 24.9 Å². The maximum Gasteiger partial charge on any atom is 0.255 e. The highest BCUT2D eigenvalue weighted by molar-refractivity contribution is 6.34. The number of furan rings is 1. The molecular weight excluding hydrogens is 370 g/mol. The lowest BCUT2D eigenvalue weighted by molar-refractivity contribution is 0.102. The van der Waals surface area contributed by atoms with E-state index < -0.39 is 0 Å². The fourth-order valence-corrected chi connectivity index (χ4v) is 2.69. The van der Waals surface area contributed by atoms with Crippen LogP contribution in [0.2, 0.25) is 5.02 Å². The van der Waals surface area contributed by atoms with Gasteiger partial charge >= 0.3 is 0 Å². The fraction of sp³-hybridized carbons (Fsp3) is 0.150. The molecule has 1 heterocycles. The Kier molecular flexibility index (Phi) is 5.69. The van der Waals surface area contributed by atoms with Crippen molar-refractivity contribution in [3.8, 4) is 22.8 Å². The van der Waals surface area contributed by atoms with Crippen molar-refractivity contribution in [1.82, 2.24) is 0 Å². The Hall–Kier alpha value is -2.96. The van der Waals surface area contributed by atoms with Crippen molar-refractivity contribution in [2.24, 2.45) is 0 Å². The second kappa shape index (κ2) is 8.16. The first-order valence-corrected chi connectivity index (χ1v) is 8.45. The van der Waals surface area contributed by atoms with Gasteiger partial charge in [-0.1, -0.05) is 11.6 Å². The molecule has 0 aliphatic rings. The van der Waals surface area contributed by atoms with Gasteiger partial charge in [0, 0.05) is 17.2 Å². The van der Waals surface area contributed by atoms with E-state index in [2.05, 4.69) is 5.32 Å². The van der Waals surface area contributed by atoms with Gasteiger partial charge < -0.3 is 24.3 Å². The van der Waals surface area contributed by atoms with E-state index in [9.17, 15) is 4.79 Å². The third kappa shape index (κ3) is 4.24. The van der Waals surface area contributed by atoms with Crippen molar-refractivity contribution in [3.63, 3.8) is 0 Å². The van der Waals surface area contributed by atoms with Crippen LogP contribution >= 0.6 is 11.6 Å². The van der Waals surface area contributed by atoms with Crippen LogP contribution in [-0.2, 0) is 6.61 Å². The lowest BCUT2D eigenvalue weighted by Crippen LogP contribution is -2.12. The van der Waals surface area contributed by atoms with Crippen LogP contribution in [0, 0.1) is 0 Å². The molecule has 0 aliphatic heterocycles. The molecule has 3 rings (SSSR count). The Morgan fingerprint density at radius 2 is 1.78 bits per heavy atom. The number of methoxy groups -OCH3 is 2. The van der Waals surface area contributed by atoms with Crippen molar-refractivity contribution in [1.29, 1.82) is 0 Å². The molecule has 1 aromatic heterocycles. The van der Waals surface area contributed by atoms with Gasteiger partial charge in [-0.2, -0.15) is 0 Å². The van der Waals surface area contributed by atoms with Crippen LogP contribution in [0.25, 0.3) is 11.3 Å². The number of rotatable bonds is 6. The Balaban J connectivity index is 1.88. The Labute approximate surface area is 161 Å². The zero-order valence-electron chi connectivity index (χ0n) is 14.8. The highest BCUT2D eigenvalue weighted by Crippen LogP contribution is 2.31. The third-order valence-electron chi connectivity index (χ3n) is 3.93. The Morgan fingerprint density at radius 3 is 2.37 bits per heavy atom. The van der Waals surface area contributed by atoms with E-state index in [0.717, 1.165) is 5.56 Å². The quantitative estimate of drug-likeness (QED) is 0.656. The van der Waals surface area contributed by atoms with Gasteiger partial charge in [0.15, 0.2) is 0 Å². The van der Waals surface area contributed by atoms with E-state index in [1.54, 1.807) is 48.5 Å². The van der Waals surface area contributed by atoms with E-state index in [0.29, 0.717) is 39.3 Å². The monoisotopic (exact) mass is 387 g/mol. The van der Waals surface area contributed by atoms with E-state index >= 15 is 0 Å². The molecular formula is C20H18ClNO5. The lowest BCUT2D eigenvalue weighted by atomic mass is 10.1. The standard InChI is InChI=1S/C20H18ClNO5/c1-25-15-7-13(8-16(10-15)26-2)20(24)22-18-9-12(3-5-17(18)21)19-6-4-14(11-23)27-19/h3-10,23H,11H2,1-2H3,(H,22,24). The molecule has 0 spiro atoms. The topological polar surface area (TPSA) is 80.9 Å². The minimum absolute atomic E-state index is 0.186. The first-order valence-electron chi connectivity index (χ1n) is 8.08. The van der Waals surface area contributed by atoms with Gasteiger partial charge in [-0.05, 0) is 42.5 Å². The Morgan fingerprint density at radius 1 is 1.07 bits per heavy atom. The molecule has 2 aromatic carbocycles. The summed E-state index contributed by atoms with van der Waals surface area (Å²) in [4.78, 5) is 12.7. The van der Waals surface area contributed by atoms with Crippen LogP contribution in [0.4, 0.5) is 5.69 Å². The summed E-state index contributed by atoms with van der Waals surface area (Å²) >= 11 is 6.23. The summed E-state index contributed by atoms with van der Waals surface area (Å²) in [6, 6.07) is 13.5. The summed E-state index contributed by atoms with van der Waals surface area (Å²) in [5.41, 5.74) is 1.52. The van der Waals surface area contributed by atoms with Crippen molar-refractivity contribution >= 4 is 23.2 Å². The fourth-order valence-electron chi connectivity index (χ4n) is 2.53. The van der Waals surface area contributed by atoms with Gasteiger partial charge in [0.2, 0.25) is 0 Å². The van der Waals surface area contributed by atoms with Gasteiger partial charge in [-0.15, -0.1) is 0 Å². The highest BCUT2D eigenvalue weighted by atomic mass is 35.5. The predicted molar refractivity (Wildman–Crippen MR) is 103 cm³/mol. The number of carbonyl (C=O) groups excluding carboxylic acids is 1. The summed E-state index contributed by atoms with van der Waals surface area (Å²) in [5.74, 6) is 1.67. The summed E-state index contributed by atoms with van der Waals surface area (Å²) in [5, 5.41) is 12.3. The number of benzene rings is 2. The SMILES string of the molecule is COc1cc(OC)cc(C(=O)Nc2cc(-c3ccc(CO)o3)ccc2Cl)c1. The zero-order valence-corrected chi connectivity index (χ0v) is 15.5. The number of ether oxygens (including phenoxy) is 2. The number of hydrogen-bond acceptors (Lipinski definition) is 5. The van der Waals surface area contributed by atoms with E-state index in [4.69, 9.17) is 30.6 Å². The van der Waals surface area contributed by atoms with Gasteiger partial charge in [-0.3, -0.25) is 4.79 Å². The summed E-state index contributed by atoms with van der Waals surface area (Å²) in [7, 11) is 3.03. The maximum absolute atomic E-state index is 12.7. The number of carbonyl (C=O) groups is 1. The maximum atomic E-state index is 12.7. The molecule has 0 saturated heterocycles. The number of aliphatic hydroxyl groups excluding tert-OH is 1. The smallest absolute Gasteiger partial charge is 0.255 e. The molecule has 0 radical (unpaired) electrons. The van der Waals surface area contributed by atoms with E-state index in [1.807, 2.05) is 0 Å². The molecule has 0 saturated carbocycles. The molecule has 1 amide bonds. The lowest BCUT2D eigenvalue weighted by Gasteiger charge is -2.11. The second-order valence-electron chi connectivity index (χ2n) is 5.67. The molecule has 0 atom stereocenters. The first kappa shape index (κ1) is 18.8. The first-order chi connectivity index (χ1) is 13.0. The molecule has 0 bridgehead atoms. The molecule has 0 fully saturated rings. The molecule has 0 unspecified atom stereocenters. The number of amides is 1. The second-order valence-corrected chi connectivity index (χ2v) is 6.08. The normalized spacial score (nSPS) is 10.5. The molecule has 0 aliphatic carbocycles. The number of aliphatic hydroxyl groups is 1. The molecule has 27 heavy (non-hydrogen) atoms. The van der Waals surface area contributed by atoms with Crippen LogP contribution in [0.5, 0.6) is 11.5 Å². The molecule has 3 aromatic rings. The molecule has 2 N–H and O–H groups in total. The number of anilines is 1. The van der Waals surface area contributed by atoms with E-state index in [1.165, 1.54) is 14.2 Å². The van der Waals surface area contributed by atoms with Crippen LogP contribution in [0.1, 0.15) is 16.1 Å². The van der Waals surface area contributed by atoms with Crippen molar-refractivity contribution in [2.45, 2.75) is 6.61 Å². The van der Waals surface area contributed by atoms with Crippen molar-refractivity contribution in [2.75, 3.05) is 19.5 Å².